The summed E-state index contributed by atoms with van der Waals surface area (Å²) >= 11 is 0. The third-order valence-electron chi connectivity index (χ3n) is 5.34. The molecule has 1 aromatic rings. The van der Waals surface area contributed by atoms with Crippen LogP contribution in [0.4, 0.5) is 5.82 Å². The Morgan fingerprint density at radius 1 is 1.27 bits per heavy atom. The van der Waals surface area contributed by atoms with E-state index in [1.165, 1.54) is 18.4 Å². The second-order valence-electron chi connectivity index (χ2n) is 7.68. The molecule has 1 atom stereocenters. The summed E-state index contributed by atoms with van der Waals surface area (Å²) in [4.78, 5) is 16.7. The summed E-state index contributed by atoms with van der Waals surface area (Å²) in [5.74, 6) is 2.89. The minimum atomic E-state index is 0.705. The fraction of sp³-hybridized carbons (Fsp3) is 0.700. The van der Waals surface area contributed by atoms with E-state index in [-0.39, 0.29) is 0 Å². The van der Waals surface area contributed by atoms with Crippen molar-refractivity contribution in [2.45, 2.75) is 33.2 Å². The van der Waals surface area contributed by atoms with Crippen molar-refractivity contribution in [1.29, 1.82) is 0 Å². The van der Waals surface area contributed by atoms with Crippen LogP contribution in [-0.4, -0.2) is 73.6 Å². The van der Waals surface area contributed by atoms with Gasteiger partial charge in [0, 0.05) is 52.0 Å². The second kappa shape index (κ2) is 9.21. The fourth-order valence-corrected chi connectivity index (χ4v) is 3.74. The van der Waals surface area contributed by atoms with Crippen LogP contribution in [0.5, 0.6) is 0 Å². The molecule has 1 N–H and O–H groups in total. The standard InChI is InChI=1S/C20H34N6/c1-4-21-20(26-9-5-6-17(2)16-26)23-15-18-7-8-22-19(14-18)25-12-10-24(3)11-13-25/h7-8,14,17H,4-6,9-13,15-16H2,1-3H3,(H,21,23). The van der Waals surface area contributed by atoms with Gasteiger partial charge in [0.25, 0.3) is 0 Å². The summed E-state index contributed by atoms with van der Waals surface area (Å²) in [5, 5.41) is 3.47. The lowest BCUT2D eigenvalue weighted by Crippen LogP contribution is -2.46. The minimum Gasteiger partial charge on any atom is -0.357 e. The van der Waals surface area contributed by atoms with Gasteiger partial charge in [-0.1, -0.05) is 6.92 Å². The Balaban J connectivity index is 1.66. The third-order valence-corrected chi connectivity index (χ3v) is 5.34. The molecule has 2 saturated heterocycles. The van der Waals surface area contributed by atoms with Gasteiger partial charge >= 0.3 is 0 Å². The molecule has 0 aliphatic carbocycles. The van der Waals surface area contributed by atoms with E-state index in [2.05, 4.69) is 58.0 Å². The Labute approximate surface area is 158 Å². The summed E-state index contributed by atoms with van der Waals surface area (Å²) in [5.41, 5.74) is 1.23. The lowest BCUT2D eigenvalue weighted by atomic mass is 10.0. The maximum Gasteiger partial charge on any atom is 0.194 e. The van der Waals surface area contributed by atoms with E-state index in [1.807, 2.05) is 6.20 Å². The number of anilines is 1. The first-order valence-electron chi connectivity index (χ1n) is 10.1. The molecule has 1 unspecified atom stereocenters. The number of likely N-dealkylation sites (N-methyl/N-ethyl adjacent to an activating group) is 1. The van der Waals surface area contributed by atoms with Gasteiger partial charge in [-0.2, -0.15) is 0 Å². The van der Waals surface area contributed by atoms with E-state index in [1.54, 1.807) is 0 Å². The van der Waals surface area contributed by atoms with E-state index in [0.29, 0.717) is 6.54 Å². The number of hydrogen-bond acceptors (Lipinski definition) is 4. The Bertz CT molecular complexity index is 594. The number of likely N-dealkylation sites (tertiary alicyclic amines) is 1. The molecule has 0 aromatic carbocycles. The molecule has 144 valence electrons. The van der Waals surface area contributed by atoms with Crippen molar-refractivity contribution in [2.24, 2.45) is 10.9 Å². The molecule has 26 heavy (non-hydrogen) atoms. The molecule has 0 spiro atoms. The third kappa shape index (κ3) is 5.10. The molecular weight excluding hydrogens is 324 g/mol. The van der Waals surface area contributed by atoms with E-state index in [9.17, 15) is 0 Å². The second-order valence-corrected chi connectivity index (χ2v) is 7.68. The highest BCUT2D eigenvalue weighted by Gasteiger charge is 2.19. The first-order valence-corrected chi connectivity index (χ1v) is 10.1. The Hall–Kier alpha value is -1.82. The van der Waals surface area contributed by atoms with Gasteiger partial charge < -0.3 is 20.0 Å². The number of aliphatic imine (C=N–C) groups is 1. The van der Waals surface area contributed by atoms with Crippen molar-refractivity contribution in [3.63, 3.8) is 0 Å². The molecule has 3 heterocycles. The number of nitrogens with zero attached hydrogens (tertiary/aromatic N) is 5. The fourth-order valence-electron chi connectivity index (χ4n) is 3.74. The van der Waals surface area contributed by atoms with Gasteiger partial charge in [0.15, 0.2) is 5.96 Å². The molecule has 3 rings (SSSR count). The van der Waals surface area contributed by atoms with Crippen LogP contribution in [0.25, 0.3) is 0 Å². The predicted molar refractivity (Wildman–Crippen MR) is 109 cm³/mol. The average molecular weight is 359 g/mol. The maximum absolute atomic E-state index is 4.92. The van der Waals surface area contributed by atoms with Gasteiger partial charge in [0.2, 0.25) is 0 Å². The molecule has 2 aliphatic rings. The zero-order valence-electron chi connectivity index (χ0n) is 16.6. The van der Waals surface area contributed by atoms with E-state index in [4.69, 9.17) is 4.99 Å². The summed E-state index contributed by atoms with van der Waals surface area (Å²) in [6.45, 7) is 12.6. The smallest absolute Gasteiger partial charge is 0.194 e. The molecule has 0 amide bonds. The topological polar surface area (TPSA) is 47.0 Å². The zero-order chi connectivity index (χ0) is 18.4. The summed E-state index contributed by atoms with van der Waals surface area (Å²) in [6.07, 6.45) is 4.51. The summed E-state index contributed by atoms with van der Waals surface area (Å²) in [7, 11) is 2.18. The molecule has 0 saturated carbocycles. The molecule has 0 bridgehead atoms. The monoisotopic (exact) mass is 358 g/mol. The molecule has 2 fully saturated rings. The zero-order valence-corrected chi connectivity index (χ0v) is 16.6. The number of piperidine rings is 1. The molecule has 1 aromatic heterocycles. The van der Waals surface area contributed by atoms with Crippen molar-refractivity contribution in [3.05, 3.63) is 23.9 Å². The molecular formula is C20H34N6. The van der Waals surface area contributed by atoms with Gasteiger partial charge in [0.1, 0.15) is 5.82 Å². The van der Waals surface area contributed by atoms with Gasteiger partial charge in [0.05, 0.1) is 6.54 Å². The normalized spacial score (nSPS) is 22.6. The first kappa shape index (κ1) is 19.0. The molecule has 6 heteroatoms. The van der Waals surface area contributed by atoms with Gasteiger partial charge in [-0.3, -0.25) is 0 Å². The van der Waals surface area contributed by atoms with Crippen LogP contribution in [0.1, 0.15) is 32.3 Å². The van der Waals surface area contributed by atoms with Crippen molar-refractivity contribution in [3.8, 4) is 0 Å². The predicted octanol–water partition coefficient (Wildman–Crippen LogP) is 2.03. The van der Waals surface area contributed by atoms with Crippen LogP contribution in [0.3, 0.4) is 0 Å². The van der Waals surface area contributed by atoms with Crippen LogP contribution in [0.2, 0.25) is 0 Å². The van der Waals surface area contributed by atoms with Crippen LogP contribution < -0.4 is 10.2 Å². The number of rotatable bonds is 4. The van der Waals surface area contributed by atoms with Crippen LogP contribution in [0, 0.1) is 5.92 Å². The van der Waals surface area contributed by atoms with E-state index < -0.39 is 0 Å². The van der Waals surface area contributed by atoms with Crippen LogP contribution in [-0.2, 0) is 6.54 Å². The minimum absolute atomic E-state index is 0.705. The highest BCUT2D eigenvalue weighted by atomic mass is 15.3. The molecule has 6 nitrogen and oxygen atoms in total. The maximum atomic E-state index is 4.92. The van der Waals surface area contributed by atoms with E-state index in [0.717, 1.165) is 63.5 Å². The van der Waals surface area contributed by atoms with Crippen molar-refractivity contribution < 1.29 is 0 Å². The number of hydrogen-bond donors (Lipinski definition) is 1. The SMILES string of the molecule is CCNC(=NCc1ccnc(N2CCN(C)CC2)c1)N1CCCC(C)C1. The van der Waals surface area contributed by atoms with E-state index >= 15 is 0 Å². The number of aromatic nitrogens is 1. The lowest BCUT2D eigenvalue weighted by molar-refractivity contribution is 0.266. The van der Waals surface area contributed by atoms with Crippen molar-refractivity contribution in [2.75, 3.05) is 57.8 Å². The number of guanidine groups is 1. The first-order chi connectivity index (χ1) is 12.7. The highest BCUT2D eigenvalue weighted by molar-refractivity contribution is 5.80. The number of nitrogens with one attached hydrogen (secondary N) is 1. The van der Waals surface area contributed by atoms with Crippen LogP contribution in [0.15, 0.2) is 23.3 Å². The molecule has 2 aliphatic heterocycles. The van der Waals surface area contributed by atoms with Crippen LogP contribution >= 0.6 is 0 Å². The Morgan fingerprint density at radius 3 is 2.81 bits per heavy atom. The van der Waals surface area contributed by atoms with Gasteiger partial charge in [-0.15, -0.1) is 0 Å². The Morgan fingerprint density at radius 2 is 2.08 bits per heavy atom. The van der Waals surface area contributed by atoms with Crippen molar-refractivity contribution in [1.82, 2.24) is 20.1 Å². The molecule has 0 radical (unpaired) electrons. The Kier molecular flexibility index (Phi) is 6.72. The van der Waals surface area contributed by atoms with Gasteiger partial charge in [-0.05, 0) is 50.4 Å². The van der Waals surface area contributed by atoms with Crippen molar-refractivity contribution >= 4 is 11.8 Å². The summed E-state index contributed by atoms with van der Waals surface area (Å²) in [6, 6.07) is 4.29. The number of piperazine rings is 1. The highest BCUT2D eigenvalue weighted by Crippen LogP contribution is 2.17. The largest absolute Gasteiger partial charge is 0.357 e. The quantitative estimate of drug-likeness (QED) is 0.659. The average Bonchev–Trinajstić information content (AvgIpc) is 2.66. The lowest BCUT2D eigenvalue weighted by Gasteiger charge is -2.34. The number of pyridine rings is 1. The van der Waals surface area contributed by atoms with Gasteiger partial charge in [-0.25, -0.2) is 9.98 Å². The summed E-state index contributed by atoms with van der Waals surface area (Å²) < 4.78 is 0.